The van der Waals surface area contributed by atoms with Gasteiger partial charge in [0, 0.05) is 23.9 Å². The summed E-state index contributed by atoms with van der Waals surface area (Å²) in [6.07, 6.45) is 6.20. The summed E-state index contributed by atoms with van der Waals surface area (Å²) >= 11 is 0. The molecular weight excluding hydrogens is 214 g/mol. The Balaban J connectivity index is 2.02. The second-order valence-electron chi connectivity index (χ2n) is 4.61. The lowest BCUT2D eigenvalue weighted by Crippen LogP contribution is -2.11. The molecule has 0 radical (unpaired) electrons. The molecule has 0 spiro atoms. The van der Waals surface area contributed by atoms with E-state index in [4.69, 9.17) is 15.2 Å². The van der Waals surface area contributed by atoms with E-state index in [0.29, 0.717) is 18.4 Å². The summed E-state index contributed by atoms with van der Waals surface area (Å²) in [5, 5.41) is 0. The maximum atomic E-state index is 5.92. The maximum absolute atomic E-state index is 5.92. The van der Waals surface area contributed by atoms with Crippen LogP contribution in [0.3, 0.4) is 0 Å². The van der Waals surface area contributed by atoms with E-state index < -0.39 is 0 Å². The Morgan fingerprint density at radius 2 is 1.88 bits per heavy atom. The number of hydrogen-bond donors (Lipinski definition) is 1. The van der Waals surface area contributed by atoms with Gasteiger partial charge in [-0.2, -0.15) is 0 Å². The molecule has 0 unspecified atom stereocenters. The van der Waals surface area contributed by atoms with Gasteiger partial charge in [0.2, 0.25) is 0 Å². The van der Waals surface area contributed by atoms with E-state index in [1.165, 1.54) is 12.8 Å². The van der Waals surface area contributed by atoms with Gasteiger partial charge in [0.1, 0.15) is 11.5 Å². The van der Waals surface area contributed by atoms with E-state index in [-0.39, 0.29) is 0 Å². The van der Waals surface area contributed by atoms with Gasteiger partial charge in [-0.3, -0.25) is 0 Å². The maximum Gasteiger partial charge on any atom is 0.125 e. The molecular formula is C14H21NO2. The Hall–Kier alpha value is -1.38. The summed E-state index contributed by atoms with van der Waals surface area (Å²) in [5.41, 5.74) is 6.55. The molecule has 0 aromatic heterocycles. The molecule has 1 aromatic carbocycles. The zero-order valence-electron chi connectivity index (χ0n) is 10.4. The fourth-order valence-corrected chi connectivity index (χ4v) is 2.16. The molecule has 1 aliphatic carbocycles. The van der Waals surface area contributed by atoms with Gasteiger partial charge >= 0.3 is 0 Å². The van der Waals surface area contributed by atoms with Crippen LogP contribution >= 0.6 is 0 Å². The number of ether oxygens (including phenoxy) is 2. The highest BCUT2D eigenvalue weighted by atomic mass is 16.5. The van der Waals surface area contributed by atoms with Crippen molar-refractivity contribution >= 4 is 5.69 Å². The first kappa shape index (κ1) is 12.1. The third-order valence-electron chi connectivity index (χ3n) is 2.98. The molecule has 3 heteroatoms. The average Bonchev–Trinajstić information content (AvgIpc) is 2.78. The van der Waals surface area contributed by atoms with E-state index >= 15 is 0 Å². The van der Waals surface area contributed by atoms with Crippen molar-refractivity contribution in [2.75, 3.05) is 12.3 Å². The van der Waals surface area contributed by atoms with Crippen molar-refractivity contribution in [2.45, 2.75) is 45.1 Å². The van der Waals surface area contributed by atoms with Crippen molar-refractivity contribution in [3.8, 4) is 11.5 Å². The number of nitrogen functional groups attached to an aromatic ring is 1. The van der Waals surface area contributed by atoms with Gasteiger partial charge < -0.3 is 15.2 Å². The van der Waals surface area contributed by atoms with Crippen LogP contribution in [0.1, 0.15) is 39.0 Å². The molecule has 0 atom stereocenters. The van der Waals surface area contributed by atoms with Gasteiger partial charge in [0.25, 0.3) is 0 Å². The number of benzene rings is 1. The van der Waals surface area contributed by atoms with Crippen LogP contribution in [0.2, 0.25) is 0 Å². The molecule has 1 aromatic rings. The van der Waals surface area contributed by atoms with Crippen LogP contribution in [-0.2, 0) is 0 Å². The van der Waals surface area contributed by atoms with Gasteiger partial charge in [-0.05, 0) is 32.1 Å². The fourth-order valence-electron chi connectivity index (χ4n) is 2.16. The van der Waals surface area contributed by atoms with Crippen LogP contribution in [0.15, 0.2) is 18.2 Å². The molecule has 0 saturated heterocycles. The lowest BCUT2D eigenvalue weighted by molar-refractivity contribution is 0.208. The minimum atomic E-state index is 0.357. The normalized spacial score (nSPS) is 16.1. The molecule has 2 rings (SSSR count). The number of nitrogens with two attached hydrogens (primary N) is 1. The Morgan fingerprint density at radius 1 is 1.18 bits per heavy atom. The topological polar surface area (TPSA) is 44.5 Å². The SMILES string of the molecule is CCCOc1cc(N)cc(OC2CCCC2)c1. The van der Waals surface area contributed by atoms with Crippen molar-refractivity contribution < 1.29 is 9.47 Å². The Kier molecular flexibility index (Phi) is 4.13. The standard InChI is InChI=1S/C14H21NO2/c1-2-7-16-13-8-11(15)9-14(10-13)17-12-5-3-4-6-12/h8-10,12H,2-7,15H2,1H3. The first-order valence-electron chi connectivity index (χ1n) is 6.48. The molecule has 1 fully saturated rings. The third kappa shape index (κ3) is 3.55. The van der Waals surface area contributed by atoms with Crippen LogP contribution in [0.5, 0.6) is 11.5 Å². The summed E-state index contributed by atoms with van der Waals surface area (Å²) < 4.78 is 11.5. The quantitative estimate of drug-likeness (QED) is 0.796. The summed E-state index contributed by atoms with van der Waals surface area (Å²) in [5.74, 6) is 1.64. The van der Waals surface area contributed by atoms with Crippen LogP contribution in [0.4, 0.5) is 5.69 Å². The van der Waals surface area contributed by atoms with Crippen LogP contribution in [0.25, 0.3) is 0 Å². The van der Waals surface area contributed by atoms with Crippen LogP contribution in [-0.4, -0.2) is 12.7 Å². The zero-order valence-corrected chi connectivity index (χ0v) is 10.4. The minimum absolute atomic E-state index is 0.357. The Morgan fingerprint density at radius 3 is 2.59 bits per heavy atom. The molecule has 17 heavy (non-hydrogen) atoms. The van der Waals surface area contributed by atoms with Crippen LogP contribution in [0, 0.1) is 0 Å². The average molecular weight is 235 g/mol. The van der Waals surface area contributed by atoms with Gasteiger partial charge in [0.15, 0.2) is 0 Å². The van der Waals surface area contributed by atoms with Crippen molar-refractivity contribution in [1.29, 1.82) is 0 Å². The second-order valence-corrected chi connectivity index (χ2v) is 4.61. The highest BCUT2D eigenvalue weighted by molar-refractivity contribution is 5.50. The Labute approximate surface area is 103 Å². The highest BCUT2D eigenvalue weighted by Crippen LogP contribution is 2.29. The lowest BCUT2D eigenvalue weighted by Gasteiger charge is -2.15. The number of anilines is 1. The molecule has 2 N–H and O–H groups in total. The van der Waals surface area contributed by atoms with Gasteiger partial charge in [-0.25, -0.2) is 0 Å². The monoisotopic (exact) mass is 235 g/mol. The fraction of sp³-hybridized carbons (Fsp3) is 0.571. The molecule has 0 heterocycles. The minimum Gasteiger partial charge on any atom is -0.493 e. The first-order chi connectivity index (χ1) is 8.28. The van der Waals surface area contributed by atoms with E-state index in [0.717, 1.165) is 30.8 Å². The lowest BCUT2D eigenvalue weighted by atomic mass is 10.2. The van der Waals surface area contributed by atoms with Crippen molar-refractivity contribution in [2.24, 2.45) is 0 Å². The molecule has 0 aliphatic heterocycles. The van der Waals surface area contributed by atoms with Gasteiger partial charge in [-0.1, -0.05) is 6.92 Å². The van der Waals surface area contributed by atoms with E-state index in [2.05, 4.69) is 6.92 Å². The largest absolute Gasteiger partial charge is 0.493 e. The molecule has 1 aliphatic rings. The Bertz CT molecular complexity index is 359. The van der Waals surface area contributed by atoms with E-state index in [1.807, 2.05) is 18.2 Å². The summed E-state index contributed by atoms with van der Waals surface area (Å²) in [7, 11) is 0. The summed E-state index contributed by atoms with van der Waals surface area (Å²) in [4.78, 5) is 0. The van der Waals surface area contributed by atoms with E-state index in [1.54, 1.807) is 0 Å². The van der Waals surface area contributed by atoms with Crippen molar-refractivity contribution in [3.05, 3.63) is 18.2 Å². The zero-order chi connectivity index (χ0) is 12.1. The molecule has 0 bridgehead atoms. The van der Waals surface area contributed by atoms with Crippen LogP contribution < -0.4 is 15.2 Å². The molecule has 94 valence electrons. The predicted octanol–water partition coefficient (Wildman–Crippen LogP) is 3.38. The van der Waals surface area contributed by atoms with Gasteiger partial charge in [-0.15, -0.1) is 0 Å². The second kappa shape index (κ2) is 5.80. The molecule has 3 nitrogen and oxygen atoms in total. The van der Waals surface area contributed by atoms with Gasteiger partial charge in [0.05, 0.1) is 12.7 Å². The van der Waals surface area contributed by atoms with Crippen molar-refractivity contribution in [3.63, 3.8) is 0 Å². The van der Waals surface area contributed by atoms with Crippen molar-refractivity contribution in [1.82, 2.24) is 0 Å². The predicted molar refractivity (Wildman–Crippen MR) is 69.5 cm³/mol. The number of rotatable bonds is 5. The first-order valence-corrected chi connectivity index (χ1v) is 6.48. The summed E-state index contributed by atoms with van der Waals surface area (Å²) in [6.45, 7) is 2.80. The summed E-state index contributed by atoms with van der Waals surface area (Å²) in [6, 6.07) is 5.65. The molecule has 1 saturated carbocycles. The van der Waals surface area contributed by atoms with E-state index in [9.17, 15) is 0 Å². The highest BCUT2D eigenvalue weighted by Gasteiger charge is 2.16. The number of hydrogen-bond acceptors (Lipinski definition) is 3. The molecule has 0 amide bonds. The third-order valence-corrected chi connectivity index (χ3v) is 2.98. The smallest absolute Gasteiger partial charge is 0.125 e.